The van der Waals surface area contributed by atoms with E-state index >= 15 is 0 Å². The zero-order valence-electron chi connectivity index (χ0n) is 10.7. The van der Waals surface area contributed by atoms with E-state index in [1.165, 1.54) is 16.9 Å². The van der Waals surface area contributed by atoms with Crippen molar-refractivity contribution in [3.8, 4) is 10.6 Å². The average Bonchev–Trinajstić information content (AvgIpc) is 2.85. The number of nitrogens with zero attached hydrogens (tertiary/aromatic N) is 1. The Balaban J connectivity index is 2.02. The van der Waals surface area contributed by atoms with E-state index in [-0.39, 0.29) is 25.5 Å². The molecule has 0 aliphatic carbocycles. The molecule has 1 aromatic carbocycles. The maximum atomic E-state index is 11.5. The monoisotopic (exact) mass is 276 g/mol. The summed E-state index contributed by atoms with van der Waals surface area (Å²) in [6.45, 7) is 2.29. The maximum absolute atomic E-state index is 11.5. The number of hydrogen-bond acceptors (Lipinski definition) is 4. The third kappa shape index (κ3) is 3.87. The minimum absolute atomic E-state index is 0.0442. The Bertz CT molecular complexity index is 549. The molecule has 0 spiro atoms. The highest BCUT2D eigenvalue weighted by Crippen LogP contribution is 2.24. The van der Waals surface area contributed by atoms with Crippen LogP contribution >= 0.6 is 11.3 Å². The van der Waals surface area contributed by atoms with E-state index in [2.05, 4.69) is 10.3 Å². The fraction of sp³-hybridized carbons (Fsp3) is 0.286. The van der Waals surface area contributed by atoms with Gasteiger partial charge in [0.15, 0.2) is 0 Å². The normalized spacial score (nSPS) is 10.4. The Kier molecular flexibility index (Phi) is 4.65. The molecule has 0 aliphatic heterocycles. The second-order valence-electron chi connectivity index (χ2n) is 4.26. The summed E-state index contributed by atoms with van der Waals surface area (Å²) in [5, 5.41) is 14.1. The molecule has 0 saturated heterocycles. The van der Waals surface area contributed by atoms with Gasteiger partial charge in [0, 0.05) is 17.5 Å². The average molecular weight is 276 g/mol. The van der Waals surface area contributed by atoms with E-state index in [9.17, 15) is 4.79 Å². The Labute approximate surface area is 116 Å². The van der Waals surface area contributed by atoms with E-state index in [0.29, 0.717) is 0 Å². The molecule has 2 aromatic rings. The van der Waals surface area contributed by atoms with Gasteiger partial charge in [-0.05, 0) is 6.92 Å². The molecule has 2 N–H and O–H groups in total. The van der Waals surface area contributed by atoms with Crippen LogP contribution in [0.15, 0.2) is 29.6 Å². The second kappa shape index (κ2) is 6.45. The molecule has 1 heterocycles. The van der Waals surface area contributed by atoms with Crippen molar-refractivity contribution in [1.82, 2.24) is 10.3 Å². The molecule has 0 radical (unpaired) electrons. The Morgan fingerprint density at radius 3 is 2.79 bits per heavy atom. The number of aliphatic hydroxyl groups is 1. The van der Waals surface area contributed by atoms with Gasteiger partial charge in [-0.1, -0.05) is 29.8 Å². The van der Waals surface area contributed by atoms with Crippen LogP contribution in [0.2, 0.25) is 0 Å². The zero-order valence-corrected chi connectivity index (χ0v) is 11.5. The lowest BCUT2D eigenvalue weighted by Gasteiger charge is -2.00. The first-order chi connectivity index (χ1) is 9.19. The number of carbonyl (C=O) groups excluding carboxylic acids is 1. The minimum Gasteiger partial charge on any atom is -0.395 e. The number of aromatic nitrogens is 1. The molecule has 100 valence electrons. The molecule has 0 atom stereocenters. The number of thiazole rings is 1. The van der Waals surface area contributed by atoms with Gasteiger partial charge in [0.1, 0.15) is 5.01 Å². The number of amides is 1. The van der Waals surface area contributed by atoms with E-state index in [0.717, 1.165) is 16.3 Å². The summed E-state index contributed by atoms with van der Waals surface area (Å²) in [6, 6.07) is 8.16. The van der Waals surface area contributed by atoms with E-state index in [4.69, 9.17) is 5.11 Å². The molecule has 19 heavy (non-hydrogen) atoms. The van der Waals surface area contributed by atoms with Crippen LogP contribution < -0.4 is 5.32 Å². The fourth-order valence-electron chi connectivity index (χ4n) is 1.64. The molecule has 0 bridgehead atoms. The molecular formula is C14H16N2O2S. The standard InChI is InChI=1S/C14H16N2O2S/c1-10-2-4-11(5-3-10)14-16-12(9-19-14)8-13(18)15-6-7-17/h2-5,9,17H,6-8H2,1H3,(H,15,18). The zero-order chi connectivity index (χ0) is 13.7. The third-order valence-electron chi connectivity index (χ3n) is 2.63. The number of carbonyl (C=O) groups is 1. The number of aryl methyl sites for hydroxylation is 1. The Morgan fingerprint density at radius 2 is 2.11 bits per heavy atom. The first-order valence-electron chi connectivity index (χ1n) is 6.08. The van der Waals surface area contributed by atoms with Gasteiger partial charge < -0.3 is 10.4 Å². The van der Waals surface area contributed by atoms with E-state index < -0.39 is 0 Å². The highest BCUT2D eigenvalue weighted by atomic mass is 32.1. The van der Waals surface area contributed by atoms with Gasteiger partial charge in [0.25, 0.3) is 0 Å². The van der Waals surface area contributed by atoms with Crippen molar-refractivity contribution in [1.29, 1.82) is 0 Å². The molecule has 1 aromatic heterocycles. The van der Waals surface area contributed by atoms with Gasteiger partial charge in [-0.15, -0.1) is 11.3 Å². The predicted octanol–water partition coefficient (Wildman–Crippen LogP) is 1.77. The van der Waals surface area contributed by atoms with Crippen molar-refractivity contribution < 1.29 is 9.90 Å². The van der Waals surface area contributed by atoms with Gasteiger partial charge in [-0.2, -0.15) is 0 Å². The summed E-state index contributed by atoms with van der Waals surface area (Å²) in [7, 11) is 0. The molecule has 0 saturated carbocycles. The van der Waals surface area contributed by atoms with Gasteiger partial charge in [-0.25, -0.2) is 4.98 Å². The number of benzene rings is 1. The van der Waals surface area contributed by atoms with Crippen molar-refractivity contribution in [2.24, 2.45) is 0 Å². The third-order valence-corrected chi connectivity index (χ3v) is 3.57. The summed E-state index contributed by atoms with van der Waals surface area (Å²) in [5.74, 6) is -0.116. The van der Waals surface area contributed by atoms with Crippen molar-refractivity contribution in [3.63, 3.8) is 0 Å². The number of hydrogen-bond donors (Lipinski definition) is 2. The molecule has 4 nitrogen and oxygen atoms in total. The first-order valence-corrected chi connectivity index (χ1v) is 6.96. The lowest BCUT2D eigenvalue weighted by Crippen LogP contribution is -2.27. The SMILES string of the molecule is Cc1ccc(-c2nc(CC(=O)NCCO)cs2)cc1. The summed E-state index contributed by atoms with van der Waals surface area (Å²) < 4.78 is 0. The predicted molar refractivity (Wildman–Crippen MR) is 76.1 cm³/mol. The van der Waals surface area contributed by atoms with Crippen molar-refractivity contribution in [3.05, 3.63) is 40.9 Å². The molecule has 0 fully saturated rings. The summed E-state index contributed by atoms with van der Waals surface area (Å²) in [5.41, 5.74) is 3.04. The molecule has 0 unspecified atom stereocenters. The van der Waals surface area contributed by atoms with Crippen LogP contribution in [-0.2, 0) is 11.2 Å². The highest BCUT2D eigenvalue weighted by molar-refractivity contribution is 7.13. The van der Waals surface area contributed by atoms with Crippen LogP contribution in [-0.4, -0.2) is 29.1 Å². The largest absolute Gasteiger partial charge is 0.395 e. The smallest absolute Gasteiger partial charge is 0.226 e. The van der Waals surface area contributed by atoms with Crippen LogP contribution in [0.3, 0.4) is 0 Å². The van der Waals surface area contributed by atoms with Crippen LogP contribution in [0.25, 0.3) is 10.6 Å². The van der Waals surface area contributed by atoms with Crippen LogP contribution in [0.1, 0.15) is 11.3 Å². The first kappa shape index (κ1) is 13.7. The number of aliphatic hydroxyl groups excluding tert-OH is 1. The Hall–Kier alpha value is -1.72. The summed E-state index contributed by atoms with van der Waals surface area (Å²) in [4.78, 5) is 16.0. The lowest BCUT2D eigenvalue weighted by molar-refractivity contribution is -0.120. The van der Waals surface area contributed by atoms with Crippen LogP contribution in [0.4, 0.5) is 0 Å². The van der Waals surface area contributed by atoms with Crippen LogP contribution in [0, 0.1) is 6.92 Å². The fourth-order valence-corrected chi connectivity index (χ4v) is 2.47. The molecule has 1 amide bonds. The minimum atomic E-state index is -0.116. The van der Waals surface area contributed by atoms with Crippen molar-refractivity contribution >= 4 is 17.2 Å². The maximum Gasteiger partial charge on any atom is 0.226 e. The van der Waals surface area contributed by atoms with Gasteiger partial charge in [-0.3, -0.25) is 4.79 Å². The topological polar surface area (TPSA) is 62.2 Å². The lowest BCUT2D eigenvalue weighted by atomic mass is 10.2. The quantitative estimate of drug-likeness (QED) is 0.875. The molecular weight excluding hydrogens is 260 g/mol. The van der Waals surface area contributed by atoms with E-state index in [1.54, 1.807) is 0 Å². The molecule has 5 heteroatoms. The van der Waals surface area contributed by atoms with Gasteiger partial charge in [0.05, 0.1) is 18.7 Å². The summed E-state index contributed by atoms with van der Waals surface area (Å²) >= 11 is 1.53. The Morgan fingerprint density at radius 1 is 1.37 bits per heavy atom. The molecule has 2 rings (SSSR count). The van der Waals surface area contributed by atoms with Crippen molar-refractivity contribution in [2.75, 3.05) is 13.2 Å². The molecule has 0 aliphatic rings. The second-order valence-corrected chi connectivity index (χ2v) is 5.12. The number of rotatable bonds is 5. The number of nitrogens with one attached hydrogen (secondary N) is 1. The highest BCUT2D eigenvalue weighted by Gasteiger charge is 2.08. The van der Waals surface area contributed by atoms with Gasteiger partial charge >= 0.3 is 0 Å². The van der Waals surface area contributed by atoms with Gasteiger partial charge in [0.2, 0.25) is 5.91 Å². The van der Waals surface area contributed by atoms with E-state index in [1.807, 2.05) is 36.6 Å². The van der Waals surface area contributed by atoms with Crippen molar-refractivity contribution in [2.45, 2.75) is 13.3 Å². The summed E-state index contributed by atoms with van der Waals surface area (Å²) in [6.07, 6.45) is 0.252. The van der Waals surface area contributed by atoms with Crippen LogP contribution in [0.5, 0.6) is 0 Å².